The van der Waals surface area contributed by atoms with Crippen LogP contribution in [0, 0.1) is 11.3 Å². The maximum atomic E-state index is 9.54. The lowest BCUT2D eigenvalue weighted by molar-refractivity contribution is -0.00195. The Labute approximate surface area is 345 Å². The van der Waals surface area contributed by atoms with Gasteiger partial charge in [0.25, 0.3) is 0 Å². The van der Waals surface area contributed by atoms with E-state index in [9.17, 15) is 5.26 Å². The summed E-state index contributed by atoms with van der Waals surface area (Å²) in [5, 5.41) is 17.2. The molecule has 0 amide bonds. The van der Waals surface area contributed by atoms with E-state index in [0.29, 0.717) is 19.4 Å². The second-order valence-electron chi connectivity index (χ2n) is 15.6. The van der Waals surface area contributed by atoms with E-state index in [4.69, 9.17) is 18.7 Å². The van der Waals surface area contributed by atoms with Crippen LogP contribution < -0.4 is 9.47 Å². The highest BCUT2D eigenvalue weighted by atomic mass is 31.2. The fourth-order valence-corrected chi connectivity index (χ4v) is 11.1. The second kappa shape index (κ2) is 18.7. The lowest BCUT2D eigenvalue weighted by Gasteiger charge is -2.40. The minimum Gasteiger partial charge on any atom is -0.497 e. The van der Waals surface area contributed by atoms with Gasteiger partial charge in [-0.25, -0.2) is 0 Å². The molecule has 2 atom stereocenters. The van der Waals surface area contributed by atoms with E-state index in [0.717, 1.165) is 47.2 Å². The molecule has 7 rings (SSSR count). The predicted octanol–water partition coefficient (Wildman–Crippen LogP) is 12.7. The molecule has 298 valence electrons. The fraction of sp³-hybridized carbons (Fsp3) is 0.314. The third-order valence-electron chi connectivity index (χ3n) is 11.2. The third-order valence-corrected chi connectivity index (χ3v) is 13.9. The van der Waals surface area contributed by atoms with Crippen molar-refractivity contribution in [3.05, 3.63) is 156 Å². The Morgan fingerprint density at radius 1 is 0.638 bits per heavy atom. The highest BCUT2D eigenvalue weighted by Crippen LogP contribution is 2.48. The lowest BCUT2D eigenvalue weighted by atomic mass is 9.80. The number of hydrogen-bond acceptors (Lipinski definition) is 6. The fourth-order valence-electron chi connectivity index (χ4n) is 8.63. The molecule has 0 aliphatic carbocycles. The maximum Gasteiger partial charge on any atom is 0.143 e. The predicted molar refractivity (Wildman–Crippen MR) is 240 cm³/mol. The number of methoxy groups -OCH3 is 2. The molecule has 6 nitrogen and oxygen atoms in total. The van der Waals surface area contributed by atoms with Gasteiger partial charge in [0.2, 0.25) is 0 Å². The summed E-state index contributed by atoms with van der Waals surface area (Å²) >= 11 is 0. The molecule has 2 unspecified atom stereocenters. The maximum absolute atomic E-state index is 9.54. The molecule has 7 aromatic carbocycles. The zero-order chi connectivity index (χ0) is 40.6. The highest BCUT2D eigenvalue weighted by molar-refractivity contribution is 7.50. The van der Waals surface area contributed by atoms with Crippen LogP contribution in [0.4, 0.5) is 0 Å². The van der Waals surface area contributed by atoms with Crippen molar-refractivity contribution in [3.63, 3.8) is 0 Å². The first kappa shape index (κ1) is 41.2. The first-order valence-corrected chi connectivity index (χ1v) is 21.9. The van der Waals surface area contributed by atoms with Crippen LogP contribution in [-0.4, -0.2) is 49.8 Å². The largest absolute Gasteiger partial charge is 0.497 e. The molecule has 0 radical (unpaired) electrons. The molecule has 0 saturated carbocycles. The second-order valence-corrected chi connectivity index (χ2v) is 17.4. The summed E-state index contributed by atoms with van der Waals surface area (Å²) in [5.74, 6) is 1.57. The van der Waals surface area contributed by atoms with Gasteiger partial charge in [0, 0.05) is 24.7 Å². The molecule has 0 saturated heterocycles. The van der Waals surface area contributed by atoms with Gasteiger partial charge in [0.05, 0.1) is 33.0 Å². The summed E-state index contributed by atoms with van der Waals surface area (Å²) in [6.07, 6.45) is 3.36. The molecular weight excluding hydrogens is 736 g/mol. The van der Waals surface area contributed by atoms with Gasteiger partial charge in [-0.3, -0.25) is 4.67 Å². The number of hydrogen-bond donors (Lipinski definition) is 0. The van der Waals surface area contributed by atoms with Crippen molar-refractivity contribution < 1.29 is 18.7 Å². The minimum absolute atomic E-state index is 0.160. The Bertz CT molecular complexity index is 2350. The first-order chi connectivity index (χ1) is 28.3. The zero-order valence-electron chi connectivity index (χ0n) is 34.7. The Kier molecular flexibility index (Phi) is 13.3. The first-order valence-electron chi connectivity index (χ1n) is 20.5. The summed E-state index contributed by atoms with van der Waals surface area (Å²) in [7, 11) is 2.36. The van der Waals surface area contributed by atoms with E-state index >= 15 is 0 Å². The average molecular weight is 791 g/mol. The number of unbranched alkanes of at least 4 members (excludes halogenated alkanes) is 1. The molecular formula is C51H55N2O4P. The van der Waals surface area contributed by atoms with Crippen molar-refractivity contribution in [1.29, 1.82) is 5.26 Å². The number of nitriles is 1. The van der Waals surface area contributed by atoms with Gasteiger partial charge in [-0.1, -0.05) is 109 Å². The van der Waals surface area contributed by atoms with Gasteiger partial charge in [-0.15, -0.1) is 0 Å². The Morgan fingerprint density at radius 3 is 1.76 bits per heavy atom. The Hall–Kier alpha value is -5.02. The van der Waals surface area contributed by atoms with Gasteiger partial charge in [-0.2, -0.15) is 5.26 Å². The Balaban J connectivity index is 1.30. The quantitative estimate of drug-likeness (QED) is 0.0352. The van der Waals surface area contributed by atoms with E-state index in [1.165, 1.54) is 37.9 Å². The van der Waals surface area contributed by atoms with E-state index in [1.54, 1.807) is 14.2 Å². The SMILES string of the molecule is COc1ccc(C(OCCC(Cc2ccc3ccc4cccc5ccc2c3c45)OP(CCCC#N)N(C(C)C)C(C)C)(c2ccccc2)c2ccc(OC)cc2)cc1. The molecule has 0 aliphatic heterocycles. The van der Waals surface area contributed by atoms with E-state index in [2.05, 4.69) is 142 Å². The lowest BCUT2D eigenvalue weighted by Crippen LogP contribution is -2.36. The van der Waals surface area contributed by atoms with Crippen molar-refractivity contribution in [2.45, 2.75) is 77.2 Å². The number of ether oxygens (including phenoxy) is 3. The van der Waals surface area contributed by atoms with Gasteiger partial charge < -0.3 is 18.7 Å². The monoisotopic (exact) mass is 790 g/mol. The van der Waals surface area contributed by atoms with Crippen LogP contribution in [0.1, 0.15) is 69.2 Å². The van der Waals surface area contributed by atoms with Gasteiger partial charge in [0.15, 0.2) is 0 Å². The molecule has 58 heavy (non-hydrogen) atoms. The molecule has 7 aromatic rings. The van der Waals surface area contributed by atoms with E-state index < -0.39 is 13.9 Å². The van der Waals surface area contributed by atoms with Gasteiger partial charge in [0.1, 0.15) is 25.4 Å². The highest BCUT2D eigenvalue weighted by Gasteiger charge is 2.38. The molecule has 0 heterocycles. The van der Waals surface area contributed by atoms with E-state index in [1.807, 2.05) is 30.3 Å². The number of benzene rings is 7. The minimum atomic E-state index is -1.02. The zero-order valence-corrected chi connectivity index (χ0v) is 35.5. The standard InChI is InChI=1S/C51H55N2O4P/c1-36(2)53(37(3)4)58(34-11-10-32-52)57-47(35-41-20-19-40-18-17-38-13-12-14-39-21-30-48(41)50(40)49(38)39)31-33-56-51(42-15-8-7-9-16-42,43-22-26-45(54-5)27-23-43)44-24-28-46(55-6)29-25-44/h7-9,12-30,36-37,47H,10-11,31,33-35H2,1-6H3. The molecule has 7 heteroatoms. The average Bonchev–Trinajstić information content (AvgIpc) is 3.25. The molecule has 0 fully saturated rings. The Morgan fingerprint density at radius 2 is 1.19 bits per heavy atom. The molecule has 0 N–H and O–H groups in total. The van der Waals surface area contributed by atoms with Crippen molar-refractivity contribution in [2.75, 3.05) is 27.0 Å². The normalized spacial score (nSPS) is 13.2. The summed E-state index contributed by atoms with van der Waals surface area (Å²) in [6, 6.07) is 50.0. The van der Waals surface area contributed by atoms with Crippen molar-refractivity contribution in [1.82, 2.24) is 4.67 Å². The number of rotatable bonds is 19. The van der Waals surface area contributed by atoms with E-state index in [-0.39, 0.29) is 18.2 Å². The molecule has 0 aliphatic rings. The smallest absolute Gasteiger partial charge is 0.143 e. The summed E-state index contributed by atoms with van der Waals surface area (Å²) in [5.41, 5.74) is 3.36. The van der Waals surface area contributed by atoms with Crippen molar-refractivity contribution in [3.8, 4) is 17.6 Å². The van der Waals surface area contributed by atoms with Crippen molar-refractivity contribution >= 4 is 40.6 Å². The van der Waals surface area contributed by atoms with Crippen LogP contribution >= 0.6 is 8.30 Å². The summed E-state index contributed by atoms with van der Waals surface area (Å²) < 4.78 is 28.5. The third kappa shape index (κ3) is 8.56. The van der Waals surface area contributed by atoms with Gasteiger partial charge in [-0.05, 0) is 126 Å². The molecule has 0 bridgehead atoms. The van der Waals surface area contributed by atoms with Crippen LogP contribution in [0.3, 0.4) is 0 Å². The molecule has 0 spiro atoms. The van der Waals surface area contributed by atoms with Crippen LogP contribution in [0.5, 0.6) is 11.5 Å². The number of nitrogens with zero attached hydrogens (tertiary/aromatic N) is 2. The van der Waals surface area contributed by atoms with Gasteiger partial charge >= 0.3 is 0 Å². The van der Waals surface area contributed by atoms with Crippen LogP contribution in [0.15, 0.2) is 133 Å². The topological polar surface area (TPSA) is 64.0 Å². The summed E-state index contributed by atoms with van der Waals surface area (Å²) in [4.78, 5) is 0. The van der Waals surface area contributed by atoms with Crippen LogP contribution in [0.25, 0.3) is 32.3 Å². The summed E-state index contributed by atoms with van der Waals surface area (Å²) in [6.45, 7) is 9.42. The molecule has 0 aromatic heterocycles. The van der Waals surface area contributed by atoms with Crippen LogP contribution in [-0.2, 0) is 21.3 Å². The van der Waals surface area contributed by atoms with Crippen molar-refractivity contribution in [2.24, 2.45) is 0 Å². The van der Waals surface area contributed by atoms with Crippen LogP contribution in [0.2, 0.25) is 0 Å².